The van der Waals surface area contributed by atoms with Crippen molar-refractivity contribution in [2.75, 3.05) is 0 Å². The van der Waals surface area contributed by atoms with Gasteiger partial charge in [-0.2, -0.15) is 0 Å². The molecule has 2 heterocycles. The third-order valence-electron chi connectivity index (χ3n) is 4.35. The summed E-state index contributed by atoms with van der Waals surface area (Å²) in [7, 11) is 0. The highest BCUT2D eigenvalue weighted by molar-refractivity contribution is 5.89. The molecule has 2 N–H and O–H groups in total. The minimum absolute atomic E-state index is 0.370. The fourth-order valence-electron chi connectivity index (χ4n) is 2.76. The van der Waals surface area contributed by atoms with Crippen molar-refractivity contribution in [3.05, 3.63) is 53.9 Å². The van der Waals surface area contributed by atoms with Crippen LogP contribution in [0.2, 0.25) is 0 Å². The Labute approximate surface area is 131 Å². The average molecular weight is 306 g/mol. The van der Waals surface area contributed by atoms with Gasteiger partial charge in [0.25, 0.3) is 0 Å². The number of aldehydes is 1. The first-order valence-electron chi connectivity index (χ1n) is 7.36. The third kappa shape index (κ3) is 2.03. The van der Waals surface area contributed by atoms with Crippen molar-refractivity contribution >= 4 is 17.8 Å². The largest absolute Gasteiger partial charge is 0.369 e. The molecule has 0 spiro atoms. The molecule has 3 aromatic rings. The summed E-state index contributed by atoms with van der Waals surface area (Å²) in [6.07, 6.45) is 2.20. The van der Waals surface area contributed by atoms with Crippen LogP contribution in [0, 0.1) is 0 Å². The Morgan fingerprint density at radius 2 is 1.91 bits per heavy atom. The van der Waals surface area contributed by atoms with Gasteiger partial charge in [0.1, 0.15) is 11.7 Å². The van der Waals surface area contributed by atoms with Gasteiger partial charge in [0, 0.05) is 11.1 Å². The Kier molecular flexibility index (Phi) is 2.81. The van der Waals surface area contributed by atoms with Gasteiger partial charge in [0.05, 0.1) is 5.69 Å². The van der Waals surface area contributed by atoms with Gasteiger partial charge in [-0.3, -0.25) is 9.59 Å². The van der Waals surface area contributed by atoms with E-state index in [1.54, 1.807) is 16.6 Å². The molecule has 1 aromatic carbocycles. The van der Waals surface area contributed by atoms with Gasteiger partial charge in [-0.25, -0.2) is 9.50 Å². The van der Waals surface area contributed by atoms with E-state index in [0.29, 0.717) is 29.9 Å². The summed E-state index contributed by atoms with van der Waals surface area (Å²) in [5.41, 5.74) is 7.85. The van der Waals surface area contributed by atoms with Crippen LogP contribution in [-0.2, 0) is 10.2 Å². The highest BCUT2D eigenvalue weighted by Gasteiger charge is 2.53. The summed E-state index contributed by atoms with van der Waals surface area (Å²) >= 11 is 0. The molecule has 6 nitrogen and oxygen atoms in total. The number of carbonyl (C=O) groups is 2. The number of fused-ring (bicyclic) bond motifs is 1. The standard InChI is InChI=1S/C17H14N4O2/c18-15(23)17(8-9-17)16-19-14-3-1-2-13(21(14)20-16)12-6-4-11(10-22)5-7-12/h1-7,10H,8-9H2,(H2,18,23). The van der Waals surface area contributed by atoms with Crippen LogP contribution in [-0.4, -0.2) is 26.8 Å². The highest BCUT2D eigenvalue weighted by Crippen LogP contribution is 2.46. The number of hydrogen-bond acceptors (Lipinski definition) is 4. The Hall–Kier alpha value is -3.02. The summed E-state index contributed by atoms with van der Waals surface area (Å²) in [5.74, 6) is 0.118. The fourth-order valence-corrected chi connectivity index (χ4v) is 2.76. The van der Waals surface area contributed by atoms with Crippen molar-refractivity contribution in [2.45, 2.75) is 18.3 Å². The number of carbonyl (C=O) groups excluding carboxylic acids is 2. The summed E-state index contributed by atoms with van der Waals surface area (Å²) in [4.78, 5) is 26.9. The molecule has 1 fully saturated rings. The van der Waals surface area contributed by atoms with Crippen LogP contribution in [0.25, 0.3) is 16.9 Å². The van der Waals surface area contributed by atoms with E-state index >= 15 is 0 Å². The first-order chi connectivity index (χ1) is 11.1. The highest BCUT2D eigenvalue weighted by atomic mass is 16.1. The Balaban J connectivity index is 1.86. The predicted octanol–water partition coefficient (Wildman–Crippen LogP) is 1.73. The van der Waals surface area contributed by atoms with Crippen LogP contribution in [0.15, 0.2) is 42.5 Å². The van der Waals surface area contributed by atoms with Gasteiger partial charge in [-0.15, -0.1) is 5.10 Å². The maximum atomic E-state index is 11.7. The first-order valence-corrected chi connectivity index (χ1v) is 7.36. The van der Waals surface area contributed by atoms with Crippen LogP contribution in [0.4, 0.5) is 0 Å². The number of hydrogen-bond donors (Lipinski definition) is 1. The SMILES string of the molecule is NC(=O)C1(c2nc3cccc(-c4ccc(C=O)cc4)n3n2)CC1. The van der Waals surface area contributed by atoms with Gasteiger partial charge in [0.15, 0.2) is 11.5 Å². The van der Waals surface area contributed by atoms with E-state index in [1.807, 2.05) is 30.3 Å². The van der Waals surface area contributed by atoms with E-state index in [-0.39, 0.29) is 5.91 Å². The van der Waals surface area contributed by atoms with Gasteiger partial charge in [-0.05, 0) is 25.0 Å². The summed E-state index contributed by atoms with van der Waals surface area (Å²) < 4.78 is 1.72. The molecule has 0 bridgehead atoms. The summed E-state index contributed by atoms with van der Waals surface area (Å²) in [6, 6.07) is 12.9. The molecule has 6 heteroatoms. The number of primary amides is 1. The van der Waals surface area contributed by atoms with Crippen LogP contribution < -0.4 is 5.73 Å². The number of nitrogens with zero attached hydrogens (tertiary/aromatic N) is 3. The maximum Gasteiger partial charge on any atom is 0.231 e. The zero-order chi connectivity index (χ0) is 16.0. The van der Waals surface area contributed by atoms with Crippen molar-refractivity contribution < 1.29 is 9.59 Å². The second-order valence-corrected chi connectivity index (χ2v) is 5.80. The van der Waals surface area contributed by atoms with Crippen LogP contribution in [0.3, 0.4) is 0 Å². The molecule has 0 saturated heterocycles. The van der Waals surface area contributed by atoms with E-state index in [9.17, 15) is 9.59 Å². The second-order valence-electron chi connectivity index (χ2n) is 5.80. The lowest BCUT2D eigenvalue weighted by Crippen LogP contribution is -2.29. The molecular weight excluding hydrogens is 292 g/mol. The molecule has 0 atom stereocenters. The maximum absolute atomic E-state index is 11.7. The Morgan fingerprint density at radius 1 is 1.17 bits per heavy atom. The summed E-state index contributed by atoms with van der Waals surface area (Å²) in [5, 5.41) is 4.52. The molecule has 114 valence electrons. The number of nitrogens with two attached hydrogens (primary N) is 1. The lowest BCUT2D eigenvalue weighted by Gasteiger charge is -2.05. The summed E-state index contributed by atoms with van der Waals surface area (Å²) in [6.45, 7) is 0. The van der Waals surface area contributed by atoms with Gasteiger partial charge < -0.3 is 5.73 Å². The third-order valence-corrected chi connectivity index (χ3v) is 4.35. The quantitative estimate of drug-likeness (QED) is 0.743. The second kappa shape index (κ2) is 4.74. The number of rotatable bonds is 4. The number of aromatic nitrogens is 3. The van der Waals surface area contributed by atoms with Gasteiger partial charge in [0.2, 0.25) is 5.91 Å². The topological polar surface area (TPSA) is 90.4 Å². The lowest BCUT2D eigenvalue weighted by atomic mass is 10.1. The minimum atomic E-state index is -0.704. The molecule has 23 heavy (non-hydrogen) atoms. The van der Waals surface area contributed by atoms with Crippen LogP contribution >= 0.6 is 0 Å². The molecule has 1 aliphatic carbocycles. The van der Waals surface area contributed by atoms with E-state index in [4.69, 9.17) is 5.73 Å². The molecule has 1 amide bonds. The van der Waals surface area contributed by atoms with Gasteiger partial charge >= 0.3 is 0 Å². The number of amides is 1. The number of benzene rings is 1. The zero-order valence-electron chi connectivity index (χ0n) is 12.3. The monoisotopic (exact) mass is 306 g/mol. The molecule has 0 unspecified atom stereocenters. The minimum Gasteiger partial charge on any atom is -0.369 e. The predicted molar refractivity (Wildman–Crippen MR) is 83.9 cm³/mol. The molecule has 1 aliphatic rings. The van der Waals surface area contributed by atoms with Crippen LogP contribution in [0.1, 0.15) is 29.0 Å². The zero-order valence-corrected chi connectivity index (χ0v) is 12.3. The molecule has 2 aromatic heterocycles. The van der Waals surface area contributed by atoms with Crippen LogP contribution in [0.5, 0.6) is 0 Å². The number of pyridine rings is 1. The average Bonchev–Trinajstić information content (AvgIpc) is 3.28. The van der Waals surface area contributed by atoms with E-state index in [0.717, 1.165) is 17.5 Å². The van der Waals surface area contributed by atoms with E-state index in [1.165, 1.54) is 0 Å². The van der Waals surface area contributed by atoms with Crippen molar-refractivity contribution in [1.29, 1.82) is 0 Å². The van der Waals surface area contributed by atoms with Crippen molar-refractivity contribution in [2.24, 2.45) is 5.73 Å². The Morgan fingerprint density at radius 3 is 2.52 bits per heavy atom. The fraction of sp³-hybridized carbons (Fsp3) is 0.176. The smallest absolute Gasteiger partial charge is 0.231 e. The van der Waals surface area contributed by atoms with Crippen molar-refractivity contribution in [3.8, 4) is 11.3 Å². The van der Waals surface area contributed by atoms with Crippen molar-refractivity contribution in [3.63, 3.8) is 0 Å². The van der Waals surface area contributed by atoms with Gasteiger partial charge in [-0.1, -0.05) is 30.3 Å². The molecule has 0 radical (unpaired) electrons. The normalized spacial score (nSPS) is 15.5. The van der Waals surface area contributed by atoms with E-state index in [2.05, 4.69) is 10.1 Å². The Bertz CT molecular complexity index is 923. The lowest BCUT2D eigenvalue weighted by molar-refractivity contribution is -0.120. The molecular formula is C17H14N4O2. The molecule has 4 rings (SSSR count). The molecule has 1 saturated carbocycles. The van der Waals surface area contributed by atoms with E-state index < -0.39 is 5.41 Å². The molecule has 0 aliphatic heterocycles. The van der Waals surface area contributed by atoms with Crippen molar-refractivity contribution in [1.82, 2.24) is 14.6 Å². The first kappa shape index (κ1) is 13.6.